The van der Waals surface area contributed by atoms with E-state index in [4.69, 9.17) is 10.2 Å². The monoisotopic (exact) mass is 412 g/mol. The molecule has 0 saturated heterocycles. The molecule has 0 spiro atoms. The Bertz CT molecular complexity index is 1280. The smallest absolute Gasteiger partial charge is 0.270 e. The summed E-state index contributed by atoms with van der Waals surface area (Å²) in [4.78, 5) is 8.66. The van der Waals surface area contributed by atoms with Gasteiger partial charge in [0.2, 0.25) is 15.9 Å². The van der Waals surface area contributed by atoms with Gasteiger partial charge >= 0.3 is 0 Å². The number of hydrogen-bond acceptors (Lipinski definition) is 8. The van der Waals surface area contributed by atoms with Crippen molar-refractivity contribution >= 4 is 21.5 Å². The number of aromatic nitrogens is 4. The number of anilines is 2. The van der Waals surface area contributed by atoms with Crippen LogP contribution in [0.25, 0.3) is 34.3 Å². The fraction of sp³-hybridized carbons (Fsp3) is 0.0526. The van der Waals surface area contributed by atoms with E-state index < -0.39 is 10.0 Å². The van der Waals surface area contributed by atoms with E-state index in [9.17, 15) is 8.42 Å². The van der Waals surface area contributed by atoms with E-state index in [2.05, 4.69) is 24.9 Å². The maximum Gasteiger partial charge on any atom is 0.270 e. The standard InChI is InChI=1S/C19H16N6O3S.2H2/c1-29(26,27)25-14-9-5-8-13(10-14)15-11-21-17(20)16(22-15)19-24-23-18(28-19)12-6-3-2-4-7-12;;/h2-11,25H,1H3,(H2,20,21);2*1H. The molecule has 150 valence electrons. The molecular formula is C19H20N6O3S. The Morgan fingerprint density at radius 1 is 1.00 bits per heavy atom. The number of nitrogens with two attached hydrogens (primary N) is 1. The van der Waals surface area contributed by atoms with E-state index in [-0.39, 0.29) is 20.3 Å². The SMILES string of the molecule is CS(=O)(=O)Nc1cccc(-c2cnc(N)c(-c3nnc(-c4ccccc4)o3)n2)c1.[HH].[HH]. The summed E-state index contributed by atoms with van der Waals surface area (Å²) < 4.78 is 31.1. The normalized spacial score (nSPS) is 11.3. The van der Waals surface area contributed by atoms with Crippen molar-refractivity contribution in [2.24, 2.45) is 0 Å². The van der Waals surface area contributed by atoms with Crippen molar-refractivity contribution in [3.8, 4) is 34.3 Å². The third-order valence-corrected chi connectivity index (χ3v) is 4.52. The summed E-state index contributed by atoms with van der Waals surface area (Å²) in [7, 11) is -3.40. The van der Waals surface area contributed by atoms with E-state index in [0.717, 1.165) is 11.8 Å². The molecule has 4 aromatic rings. The van der Waals surface area contributed by atoms with Crippen molar-refractivity contribution in [1.29, 1.82) is 0 Å². The van der Waals surface area contributed by atoms with Crippen LogP contribution in [0.5, 0.6) is 0 Å². The van der Waals surface area contributed by atoms with Crippen LogP contribution >= 0.6 is 0 Å². The van der Waals surface area contributed by atoms with Gasteiger partial charge < -0.3 is 10.2 Å². The zero-order valence-electron chi connectivity index (χ0n) is 15.3. The Morgan fingerprint density at radius 3 is 2.48 bits per heavy atom. The largest absolute Gasteiger partial charge is 0.414 e. The van der Waals surface area contributed by atoms with Gasteiger partial charge in [0.1, 0.15) is 0 Å². The molecule has 9 nitrogen and oxygen atoms in total. The Kier molecular flexibility index (Phi) is 4.69. The van der Waals surface area contributed by atoms with Gasteiger partial charge in [0, 0.05) is 19.7 Å². The molecule has 0 bridgehead atoms. The van der Waals surface area contributed by atoms with Crippen molar-refractivity contribution in [1.82, 2.24) is 20.2 Å². The minimum absolute atomic E-state index is 0. The Hall–Kier alpha value is -3.79. The molecule has 0 aliphatic rings. The minimum atomic E-state index is -3.40. The van der Waals surface area contributed by atoms with E-state index in [1.54, 1.807) is 24.3 Å². The number of nitrogens with zero attached hydrogens (tertiary/aromatic N) is 4. The maximum absolute atomic E-state index is 11.5. The first-order valence-corrected chi connectivity index (χ1v) is 10.4. The first-order chi connectivity index (χ1) is 13.9. The summed E-state index contributed by atoms with van der Waals surface area (Å²) in [5.74, 6) is 0.620. The van der Waals surface area contributed by atoms with Gasteiger partial charge in [-0.2, -0.15) is 0 Å². The van der Waals surface area contributed by atoms with Crippen molar-refractivity contribution < 1.29 is 15.7 Å². The van der Waals surface area contributed by atoms with Gasteiger partial charge in [-0.1, -0.05) is 30.3 Å². The van der Waals surface area contributed by atoms with E-state index in [0.29, 0.717) is 22.8 Å². The average Bonchev–Trinajstić information content (AvgIpc) is 3.18. The zero-order chi connectivity index (χ0) is 20.4. The quantitative estimate of drug-likeness (QED) is 0.509. The highest BCUT2D eigenvalue weighted by atomic mass is 32.2. The third-order valence-electron chi connectivity index (χ3n) is 3.91. The van der Waals surface area contributed by atoms with Crippen LogP contribution in [0, 0.1) is 0 Å². The van der Waals surface area contributed by atoms with Crippen molar-refractivity contribution in [3.05, 3.63) is 60.8 Å². The summed E-state index contributed by atoms with van der Waals surface area (Å²) in [5.41, 5.74) is 8.53. The van der Waals surface area contributed by atoms with Gasteiger partial charge in [-0.25, -0.2) is 18.4 Å². The second-order valence-corrected chi connectivity index (χ2v) is 7.97. The van der Waals surface area contributed by atoms with Crippen molar-refractivity contribution in [3.63, 3.8) is 0 Å². The molecule has 0 aliphatic heterocycles. The van der Waals surface area contributed by atoms with Crippen LogP contribution in [-0.4, -0.2) is 34.8 Å². The molecule has 3 N–H and O–H groups in total. The van der Waals surface area contributed by atoms with E-state index in [1.807, 2.05) is 30.3 Å². The Labute approximate surface area is 169 Å². The molecule has 0 atom stereocenters. The lowest BCUT2D eigenvalue weighted by molar-refractivity contribution is 0.582. The zero-order valence-corrected chi connectivity index (χ0v) is 16.1. The molecule has 0 amide bonds. The van der Waals surface area contributed by atoms with E-state index >= 15 is 0 Å². The molecule has 0 aliphatic carbocycles. The number of hydrogen-bond donors (Lipinski definition) is 2. The second kappa shape index (κ2) is 7.32. The van der Waals surface area contributed by atoms with Gasteiger partial charge in [0.05, 0.1) is 18.1 Å². The number of nitrogen functional groups attached to an aromatic ring is 1. The number of benzene rings is 2. The molecule has 29 heavy (non-hydrogen) atoms. The van der Waals surface area contributed by atoms with Crippen molar-refractivity contribution in [2.75, 3.05) is 16.7 Å². The summed E-state index contributed by atoms with van der Waals surface area (Å²) in [6, 6.07) is 16.1. The minimum Gasteiger partial charge on any atom is -0.414 e. The molecule has 0 saturated carbocycles. The van der Waals surface area contributed by atoms with Gasteiger partial charge in [-0.15, -0.1) is 10.2 Å². The molecule has 4 rings (SSSR count). The Morgan fingerprint density at radius 2 is 1.72 bits per heavy atom. The van der Waals surface area contributed by atoms with Crippen LogP contribution in [-0.2, 0) is 10.0 Å². The average molecular weight is 412 g/mol. The van der Waals surface area contributed by atoms with Crippen LogP contribution < -0.4 is 10.5 Å². The van der Waals surface area contributed by atoms with Gasteiger partial charge in [-0.3, -0.25) is 4.72 Å². The second-order valence-electron chi connectivity index (χ2n) is 6.22. The lowest BCUT2D eigenvalue weighted by Gasteiger charge is -2.07. The molecule has 2 heterocycles. The van der Waals surface area contributed by atoms with Crippen LogP contribution in [0.15, 0.2) is 65.2 Å². The van der Waals surface area contributed by atoms with Crippen LogP contribution in [0.2, 0.25) is 0 Å². The number of nitrogens with one attached hydrogen (secondary N) is 1. The Balaban J connectivity index is 0.00000171. The van der Waals surface area contributed by atoms with Crippen LogP contribution in [0.1, 0.15) is 2.85 Å². The highest BCUT2D eigenvalue weighted by Gasteiger charge is 2.17. The molecular weight excluding hydrogens is 392 g/mol. The predicted octanol–water partition coefficient (Wildman–Crippen LogP) is 3.31. The molecule has 0 radical (unpaired) electrons. The van der Waals surface area contributed by atoms with Gasteiger partial charge in [0.15, 0.2) is 11.5 Å². The fourth-order valence-electron chi connectivity index (χ4n) is 2.67. The van der Waals surface area contributed by atoms with Gasteiger partial charge in [0.25, 0.3) is 5.89 Å². The molecule has 0 fully saturated rings. The summed E-state index contributed by atoms with van der Waals surface area (Å²) in [6.45, 7) is 0. The molecule has 10 heteroatoms. The van der Waals surface area contributed by atoms with E-state index in [1.165, 1.54) is 6.20 Å². The fourth-order valence-corrected chi connectivity index (χ4v) is 3.22. The van der Waals surface area contributed by atoms with Crippen molar-refractivity contribution in [2.45, 2.75) is 0 Å². The highest BCUT2D eigenvalue weighted by molar-refractivity contribution is 7.92. The molecule has 2 aromatic heterocycles. The van der Waals surface area contributed by atoms with Crippen LogP contribution in [0.3, 0.4) is 0 Å². The first-order valence-electron chi connectivity index (χ1n) is 8.49. The third kappa shape index (κ3) is 4.22. The molecule has 0 unspecified atom stereocenters. The lowest BCUT2D eigenvalue weighted by Crippen LogP contribution is -2.09. The maximum atomic E-state index is 11.5. The number of rotatable bonds is 5. The van der Waals surface area contributed by atoms with Gasteiger partial charge in [-0.05, 0) is 24.3 Å². The first kappa shape index (κ1) is 18.6. The summed E-state index contributed by atoms with van der Waals surface area (Å²) in [6.07, 6.45) is 2.58. The topological polar surface area (TPSA) is 137 Å². The lowest BCUT2D eigenvalue weighted by atomic mass is 10.1. The number of sulfonamides is 1. The summed E-state index contributed by atoms with van der Waals surface area (Å²) in [5, 5.41) is 8.08. The van der Waals surface area contributed by atoms with Crippen LogP contribution in [0.4, 0.5) is 11.5 Å². The molecule has 2 aromatic carbocycles. The highest BCUT2D eigenvalue weighted by Crippen LogP contribution is 2.28. The predicted molar refractivity (Wildman–Crippen MR) is 113 cm³/mol. The summed E-state index contributed by atoms with van der Waals surface area (Å²) >= 11 is 0.